The first-order valence-electron chi connectivity index (χ1n) is 6.88. The zero-order valence-electron chi connectivity index (χ0n) is 12.1. The van der Waals surface area contributed by atoms with Crippen molar-refractivity contribution in [2.75, 3.05) is 13.2 Å². The average molecular weight is 360 g/mol. The fourth-order valence-corrected chi connectivity index (χ4v) is 2.92. The fraction of sp³-hybridized carbons (Fsp3) is 0.533. The van der Waals surface area contributed by atoms with E-state index < -0.39 is 0 Å². The number of rotatable bonds is 6. The van der Waals surface area contributed by atoms with Crippen LogP contribution in [-0.2, 0) is 10.6 Å². The molecule has 1 unspecified atom stereocenters. The van der Waals surface area contributed by atoms with E-state index in [0.29, 0.717) is 18.4 Å². The predicted molar refractivity (Wildman–Crippen MR) is 87.4 cm³/mol. The summed E-state index contributed by atoms with van der Waals surface area (Å²) in [6.07, 6.45) is 0. The second kappa shape index (κ2) is 6.92. The molecule has 110 valence electrons. The number of nitrogens with zero attached hydrogens (tertiary/aromatic N) is 2. The minimum Gasteiger partial charge on any atom is -0.380 e. The molecule has 0 bridgehead atoms. The zero-order chi connectivity index (χ0) is 14.7. The van der Waals surface area contributed by atoms with Gasteiger partial charge in [0, 0.05) is 11.1 Å². The number of hydrogen-bond acceptors (Lipinski definition) is 2. The Morgan fingerprint density at radius 1 is 1.40 bits per heavy atom. The number of imidazole rings is 1. The molecule has 0 fully saturated rings. The Morgan fingerprint density at radius 2 is 2.15 bits per heavy atom. The molecule has 1 atom stereocenters. The van der Waals surface area contributed by atoms with Crippen LogP contribution in [0.2, 0.25) is 0 Å². The van der Waals surface area contributed by atoms with Crippen LogP contribution in [0.5, 0.6) is 0 Å². The van der Waals surface area contributed by atoms with Crippen LogP contribution in [0, 0.1) is 5.92 Å². The second-order valence-electron chi connectivity index (χ2n) is 5.14. The van der Waals surface area contributed by atoms with E-state index in [1.807, 2.05) is 19.1 Å². The van der Waals surface area contributed by atoms with Crippen LogP contribution in [0.1, 0.15) is 32.6 Å². The van der Waals surface area contributed by atoms with Gasteiger partial charge in [0.15, 0.2) is 0 Å². The van der Waals surface area contributed by atoms with Crippen LogP contribution < -0.4 is 0 Å². The minimum absolute atomic E-state index is 0.239. The maximum Gasteiger partial charge on any atom is 0.125 e. The van der Waals surface area contributed by atoms with E-state index in [0.717, 1.165) is 27.9 Å². The molecule has 0 spiro atoms. The molecule has 0 aliphatic heterocycles. The zero-order valence-corrected chi connectivity index (χ0v) is 14.4. The number of hydrogen-bond donors (Lipinski definition) is 0. The molecule has 2 aromatic rings. The van der Waals surface area contributed by atoms with E-state index in [2.05, 4.69) is 45.4 Å². The molecule has 0 aliphatic carbocycles. The molecule has 1 aromatic heterocycles. The topological polar surface area (TPSA) is 27.1 Å². The first kappa shape index (κ1) is 15.8. The number of fused-ring (bicyclic) bond motifs is 1. The van der Waals surface area contributed by atoms with Gasteiger partial charge in [-0.05, 0) is 31.0 Å². The van der Waals surface area contributed by atoms with Crippen LogP contribution in [-0.4, -0.2) is 22.8 Å². The summed E-state index contributed by atoms with van der Waals surface area (Å²) in [6.45, 7) is 7.81. The largest absolute Gasteiger partial charge is 0.380 e. The van der Waals surface area contributed by atoms with Crippen molar-refractivity contribution in [3.8, 4) is 0 Å². The van der Waals surface area contributed by atoms with Crippen molar-refractivity contribution in [1.29, 1.82) is 0 Å². The number of alkyl halides is 1. The number of aromatic nitrogens is 2. The van der Waals surface area contributed by atoms with Crippen molar-refractivity contribution < 1.29 is 4.74 Å². The highest BCUT2D eigenvalue weighted by atomic mass is 79.9. The summed E-state index contributed by atoms with van der Waals surface area (Å²) in [4.78, 5) is 4.64. The number of ether oxygens (including phenoxy) is 1. The van der Waals surface area contributed by atoms with Crippen molar-refractivity contribution in [2.45, 2.75) is 32.7 Å². The summed E-state index contributed by atoms with van der Waals surface area (Å²) in [6, 6.07) is 6.36. The van der Waals surface area contributed by atoms with Gasteiger partial charge in [0.25, 0.3) is 0 Å². The highest BCUT2D eigenvalue weighted by Gasteiger charge is 2.22. The molecular formula is C15H20BrClN2O. The normalized spacial score (nSPS) is 13.3. The third-order valence-electron chi connectivity index (χ3n) is 3.44. The smallest absolute Gasteiger partial charge is 0.125 e. The Balaban J connectivity index is 2.55. The lowest BCUT2D eigenvalue weighted by Crippen LogP contribution is -2.22. The van der Waals surface area contributed by atoms with E-state index in [1.165, 1.54) is 0 Å². The quantitative estimate of drug-likeness (QED) is 0.695. The van der Waals surface area contributed by atoms with Crippen LogP contribution >= 0.6 is 27.5 Å². The molecule has 0 saturated carbocycles. The molecule has 3 nitrogen and oxygen atoms in total. The SMILES string of the molecule is CCOCC(C(C)C)n1c(CCl)nc2ccc(Br)cc21. The standard InChI is InChI=1S/C15H20BrClN2O/c1-4-20-9-14(10(2)3)19-13-7-11(16)5-6-12(13)18-15(19)8-17/h5-7,10,14H,4,8-9H2,1-3H3. The molecule has 2 rings (SSSR count). The van der Waals surface area contributed by atoms with Crippen molar-refractivity contribution in [2.24, 2.45) is 5.92 Å². The van der Waals surface area contributed by atoms with E-state index in [1.54, 1.807) is 0 Å². The summed E-state index contributed by atoms with van der Waals surface area (Å²) >= 11 is 9.62. The van der Waals surface area contributed by atoms with E-state index in [-0.39, 0.29) is 6.04 Å². The molecule has 0 radical (unpaired) electrons. The fourth-order valence-electron chi connectivity index (χ4n) is 2.38. The van der Waals surface area contributed by atoms with Gasteiger partial charge in [-0.1, -0.05) is 29.8 Å². The van der Waals surface area contributed by atoms with Gasteiger partial charge in [-0.3, -0.25) is 0 Å². The Labute approximate surface area is 133 Å². The van der Waals surface area contributed by atoms with Gasteiger partial charge in [0.2, 0.25) is 0 Å². The molecule has 5 heteroatoms. The number of halogens is 2. The summed E-state index contributed by atoms with van der Waals surface area (Å²) in [5, 5.41) is 0. The summed E-state index contributed by atoms with van der Waals surface area (Å²) in [5.74, 6) is 1.75. The van der Waals surface area contributed by atoms with E-state index >= 15 is 0 Å². The molecule has 1 heterocycles. The lowest BCUT2D eigenvalue weighted by Gasteiger charge is -2.24. The maximum absolute atomic E-state index is 6.09. The van der Waals surface area contributed by atoms with Gasteiger partial charge in [0.05, 0.1) is 29.6 Å². The molecule has 0 amide bonds. The van der Waals surface area contributed by atoms with Crippen LogP contribution in [0.3, 0.4) is 0 Å². The highest BCUT2D eigenvalue weighted by Crippen LogP contribution is 2.29. The molecular weight excluding hydrogens is 340 g/mol. The van der Waals surface area contributed by atoms with Gasteiger partial charge in [-0.2, -0.15) is 0 Å². The van der Waals surface area contributed by atoms with Gasteiger partial charge >= 0.3 is 0 Å². The van der Waals surface area contributed by atoms with Gasteiger partial charge in [-0.25, -0.2) is 4.98 Å². The lowest BCUT2D eigenvalue weighted by molar-refractivity contribution is 0.0970. The van der Waals surface area contributed by atoms with Crippen LogP contribution in [0.25, 0.3) is 11.0 Å². The van der Waals surface area contributed by atoms with Crippen molar-refractivity contribution in [1.82, 2.24) is 9.55 Å². The van der Waals surface area contributed by atoms with Crippen molar-refractivity contribution in [3.63, 3.8) is 0 Å². The number of benzene rings is 1. The molecule has 1 aromatic carbocycles. The van der Waals surface area contributed by atoms with Crippen LogP contribution in [0.4, 0.5) is 0 Å². The summed E-state index contributed by atoms with van der Waals surface area (Å²) in [7, 11) is 0. The van der Waals surface area contributed by atoms with Gasteiger partial charge in [-0.15, -0.1) is 11.6 Å². The third kappa shape index (κ3) is 3.18. The Hall–Kier alpha value is -0.580. The Kier molecular flexibility index (Phi) is 5.47. The summed E-state index contributed by atoms with van der Waals surface area (Å²) in [5.41, 5.74) is 2.08. The molecule has 0 aliphatic rings. The third-order valence-corrected chi connectivity index (χ3v) is 4.17. The Bertz CT molecular complexity index is 583. The van der Waals surface area contributed by atoms with Crippen molar-refractivity contribution >= 4 is 38.6 Å². The second-order valence-corrected chi connectivity index (χ2v) is 6.32. The molecule has 20 heavy (non-hydrogen) atoms. The van der Waals surface area contributed by atoms with E-state index in [9.17, 15) is 0 Å². The average Bonchev–Trinajstić information content (AvgIpc) is 2.77. The minimum atomic E-state index is 0.239. The molecule has 0 saturated heterocycles. The van der Waals surface area contributed by atoms with Gasteiger partial charge in [0.1, 0.15) is 5.82 Å². The monoisotopic (exact) mass is 358 g/mol. The van der Waals surface area contributed by atoms with Crippen LogP contribution in [0.15, 0.2) is 22.7 Å². The summed E-state index contributed by atoms with van der Waals surface area (Å²) < 4.78 is 8.93. The molecule has 0 N–H and O–H groups in total. The maximum atomic E-state index is 6.09. The first-order chi connectivity index (χ1) is 9.58. The highest BCUT2D eigenvalue weighted by molar-refractivity contribution is 9.10. The van der Waals surface area contributed by atoms with Gasteiger partial charge < -0.3 is 9.30 Å². The lowest BCUT2D eigenvalue weighted by atomic mass is 10.0. The first-order valence-corrected chi connectivity index (χ1v) is 8.21. The van der Waals surface area contributed by atoms with E-state index in [4.69, 9.17) is 16.3 Å². The van der Waals surface area contributed by atoms with Crippen molar-refractivity contribution in [3.05, 3.63) is 28.5 Å². The Morgan fingerprint density at radius 3 is 2.75 bits per heavy atom. The predicted octanol–water partition coefficient (Wildman–Crippen LogP) is 4.77.